The van der Waals surface area contributed by atoms with Gasteiger partial charge in [-0.05, 0) is 97.0 Å². The van der Waals surface area contributed by atoms with Crippen LogP contribution in [0.1, 0.15) is 51.1 Å². The van der Waals surface area contributed by atoms with Crippen molar-refractivity contribution >= 4 is 23.6 Å². The fourth-order valence-corrected chi connectivity index (χ4v) is 6.95. The number of nitrogens with zero attached hydrogens (tertiary/aromatic N) is 4. The second-order valence-corrected chi connectivity index (χ2v) is 12.9. The first-order valence-electron chi connectivity index (χ1n) is 17.3. The molecule has 0 spiro atoms. The number of hydrogen-bond donors (Lipinski definition) is 1. The van der Waals surface area contributed by atoms with Gasteiger partial charge in [-0.1, -0.05) is 18.2 Å². The monoisotopic (exact) mass is 697 g/mol. The van der Waals surface area contributed by atoms with Gasteiger partial charge in [0.15, 0.2) is 0 Å². The smallest absolute Gasteiger partial charge is 0.262 e. The first kappa shape index (κ1) is 33.0. The fraction of sp³-hybridized carbons (Fsp3) is 0.250. The lowest BCUT2D eigenvalue weighted by Crippen LogP contribution is -2.54. The minimum atomic E-state index is -1.01. The topological polar surface area (TPSA) is 142 Å². The van der Waals surface area contributed by atoms with Crippen LogP contribution in [0.4, 0.5) is 0 Å². The molecule has 12 heteroatoms. The second kappa shape index (κ2) is 14.2. The summed E-state index contributed by atoms with van der Waals surface area (Å²) in [5.74, 6) is -1.11. The Kier molecular flexibility index (Phi) is 9.04. The number of benzene rings is 3. The first-order valence-corrected chi connectivity index (χ1v) is 17.3. The predicted molar refractivity (Wildman–Crippen MR) is 189 cm³/mol. The third-order valence-corrected chi connectivity index (χ3v) is 9.58. The van der Waals surface area contributed by atoms with Crippen molar-refractivity contribution < 1.29 is 33.4 Å². The Morgan fingerprint density at radius 2 is 1.42 bits per heavy atom. The summed E-state index contributed by atoms with van der Waals surface area (Å²) in [5.41, 5.74) is 8.25. The van der Waals surface area contributed by atoms with Crippen molar-refractivity contribution in [2.75, 3.05) is 26.4 Å². The molecule has 1 N–H and O–H groups in total. The Morgan fingerprint density at radius 1 is 0.692 bits per heavy atom. The highest BCUT2D eigenvalue weighted by molar-refractivity contribution is 6.23. The molecule has 4 amide bonds. The van der Waals surface area contributed by atoms with E-state index in [-0.39, 0.29) is 37.2 Å². The number of fused-ring (bicyclic) bond motifs is 2. The van der Waals surface area contributed by atoms with E-state index < -0.39 is 29.7 Å². The summed E-state index contributed by atoms with van der Waals surface area (Å²) < 4.78 is 19.2. The van der Waals surface area contributed by atoms with Gasteiger partial charge in [-0.25, -0.2) is 4.68 Å². The molecule has 12 nitrogen and oxygen atoms in total. The van der Waals surface area contributed by atoms with Crippen LogP contribution < -0.4 is 14.8 Å². The lowest BCUT2D eigenvalue weighted by Gasteiger charge is -2.27. The first-order chi connectivity index (χ1) is 25.4. The van der Waals surface area contributed by atoms with Gasteiger partial charge in [-0.2, -0.15) is 5.10 Å². The van der Waals surface area contributed by atoms with Crippen LogP contribution in [0.2, 0.25) is 0 Å². The van der Waals surface area contributed by atoms with Gasteiger partial charge in [0.1, 0.15) is 36.4 Å². The van der Waals surface area contributed by atoms with E-state index in [0.29, 0.717) is 24.7 Å². The Bertz CT molecular complexity index is 2180. The normalized spacial score (nSPS) is 16.5. The summed E-state index contributed by atoms with van der Waals surface area (Å²) in [6.45, 7) is 1.16. The highest BCUT2D eigenvalue weighted by Crippen LogP contribution is 2.35. The van der Waals surface area contributed by atoms with Crippen molar-refractivity contribution in [3.05, 3.63) is 114 Å². The van der Waals surface area contributed by atoms with E-state index in [4.69, 9.17) is 19.3 Å². The summed E-state index contributed by atoms with van der Waals surface area (Å²) in [5, 5.41) is 7.18. The minimum absolute atomic E-state index is 0.0632. The molecule has 1 fully saturated rings. The number of piperidine rings is 1. The number of carbonyl (C=O) groups is 4. The quantitative estimate of drug-likeness (QED) is 0.141. The average molecular weight is 698 g/mol. The zero-order chi connectivity index (χ0) is 35.6. The molecule has 2 aliphatic heterocycles. The van der Waals surface area contributed by atoms with Crippen molar-refractivity contribution in [3.63, 3.8) is 0 Å². The highest BCUT2D eigenvalue weighted by Gasteiger charge is 2.44. The number of aromatic nitrogens is 3. The van der Waals surface area contributed by atoms with Gasteiger partial charge in [0.2, 0.25) is 11.8 Å². The van der Waals surface area contributed by atoms with E-state index in [1.54, 1.807) is 18.5 Å². The number of aryl methyl sites for hydroxylation is 2. The van der Waals surface area contributed by atoms with Crippen molar-refractivity contribution in [2.24, 2.45) is 0 Å². The number of carbonyl (C=O) groups excluding carboxylic acids is 4. The summed E-state index contributed by atoms with van der Waals surface area (Å²) >= 11 is 0. The third kappa shape index (κ3) is 6.56. The molecule has 3 aromatic carbocycles. The molecule has 1 saturated heterocycles. The largest absolute Gasteiger partial charge is 0.491 e. The molecule has 0 radical (unpaired) electrons. The SMILES string of the molecule is O=C1CCC(N2C(=O)c3ccc(OCCOCCOc4ccc(-n5cc(-c6ccc7c(c6)CCC7)c(-c6ccncc6)n5)cc4)cc3C2=O)C(=O)N1. The molecule has 4 heterocycles. The maximum atomic E-state index is 13.0. The highest BCUT2D eigenvalue weighted by atomic mass is 16.5. The Balaban J connectivity index is 0.825. The fourth-order valence-electron chi connectivity index (χ4n) is 6.95. The lowest BCUT2D eigenvalue weighted by molar-refractivity contribution is -0.136. The molecule has 8 rings (SSSR count). The van der Waals surface area contributed by atoms with Gasteiger partial charge in [0, 0.05) is 36.1 Å². The molecule has 2 aromatic heterocycles. The van der Waals surface area contributed by atoms with Crippen molar-refractivity contribution in [3.8, 4) is 39.6 Å². The zero-order valence-corrected chi connectivity index (χ0v) is 28.2. The van der Waals surface area contributed by atoms with Crippen LogP contribution in [0.15, 0.2) is 91.4 Å². The van der Waals surface area contributed by atoms with Crippen LogP contribution in [0.3, 0.4) is 0 Å². The minimum Gasteiger partial charge on any atom is -0.491 e. The Hall–Kier alpha value is -6.14. The Morgan fingerprint density at radius 3 is 2.21 bits per heavy atom. The summed E-state index contributed by atoms with van der Waals surface area (Å²) in [4.78, 5) is 54.8. The summed E-state index contributed by atoms with van der Waals surface area (Å²) in [7, 11) is 0. The molecule has 1 atom stereocenters. The van der Waals surface area contributed by atoms with Crippen LogP contribution in [-0.4, -0.2) is 75.8 Å². The van der Waals surface area contributed by atoms with Gasteiger partial charge in [0.25, 0.3) is 11.8 Å². The van der Waals surface area contributed by atoms with Gasteiger partial charge in [0.05, 0.1) is 30.0 Å². The van der Waals surface area contributed by atoms with E-state index in [2.05, 4.69) is 34.7 Å². The van der Waals surface area contributed by atoms with E-state index in [1.165, 1.54) is 29.7 Å². The van der Waals surface area contributed by atoms with Gasteiger partial charge >= 0.3 is 0 Å². The molecule has 1 unspecified atom stereocenters. The van der Waals surface area contributed by atoms with Crippen LogP contribution in [0, 0.1) is 0 Å². The number of imide groups is 2. The number of pyridine rings is 1. The molecule has 0 saturated carbocycles. The van der Waals surface area contributed by atoms with Gasteiger partial charge in [-0.15, -0.1) is 0 Å². The van der Waals surface area contributed by atoms with Gasteiger partial charge < -0.3 is 14.2 Å². The zero-order valence-electron chi connectivity index (χ0n) is 28.2. The number of ether oxygens (including phenoxy) is 3. The molecule has 262 valence electrons. The molecular weight excluding hydrogens is 662 g/mol. The van der Waals surface area contributed by atoms with Crippen LogP contribution in [0.5, 0.6) is 11.5 Å². The molecular formula is C40H35N5O7. The van der Waals surface area contributed by atoms with Crippen molar-refractivity contribution in [1.82, 2.24) is 25.0 Å². The predicted octanol–water partition coefficient (Wildman–Crippen LogP) is 4.97. The molecule has 52 heavy (non-hydrogen) atoms. The number of nitrogens with one attached hydrogen (secondary N) is 1. The van der Waals surface area contributed by atoms with Crippen LogP contribution >= 0.6 is 0 Å². The van der Waals surface area contributed by atoms with Crippen LogP contribution in [0.25, 0.3) is 28.1 Å². The van der Waals surface area contributed by atoms with E-state index >= 15 is 0 Å². The number of rotatable bonds is 12. The maximum absolute atomic E-state index is 13.0. The average Bonchev–Trinajstić information content (AvgIpc) is 3.89. The van der Waals surface area contributed by atoms with E-state index in [1.807, 2.05) is 41.1 Å². The van der Waals surface area contributed by atoms with Crippen molar-refractivity contribution in [2.45, 2.75) is 38.1 Å². The summed E-state index contributed by atoms with van der Waals surface area (Å²) in [6, 6.07) is 22.0. The molecule has 0 bridgehead atoms. The second-order valence-electron chi connectivity index (χ2n) is 12.9. The molecule has 3 aliphatic rings. The van der Waals surface area contributed by atoms with E-state index in [9.17, 15) is 19.2 Å². The number of hydrogen-bond acceptors (Lipinski definition) is 9. The lowest BCUT2D eigenvalue weighted by atomic mass is 9.99. The maximum Gasteiger partial charge on any atom is 0.262 e. The van der Waals surface area contributed by atoms with Crippen molar-refractivity contribution in [1.29, 1.82) is 0 Å². The Labute approximate surface area is 299 Å². The standard InChI is InChI=1S/C40H35N5O7/c46-36-13-12-35(38(47)42-36)45-39(48)32-11-10-31(23-33(32)40(45)49)52-21-19-50-18-20-51-30-8-6-29(7-9-30)44-24-34(37(43-44)26-14-16-41-17-15-26)28-5-4-25-2-1-3-27(25)22-28/h4-11,14-17,22-24,35H,1-3,12-13,18-21H2,(H,42,46,47). The van der Waals surface area contributed by atoms with E-state index in [0.717, 1.165) is 45.8 Å². The van der Waals surface area contributed by atoms with Gasteiger partial charge in [-0.3, -0.25) is 34.4 Å². The number of amides is 4. The summed E-state index contributed by atoms with van der Waals surface area (Å²) in [6.07, 6.45) is 9.26. The molecule has 1 aliphatic carbocycles. The third-order valence-electron chi connectivity index (χ3n) is 9.58. The molecule has 5 aromatic rings. The van der Waals surface area contributed by atoms with Crippen LogP contribution in [-0.2, 0) is 27.2 Å².